The van der Waals surface area contributed by atoms with Crippen LogP contribution in [0.3, 0.4) is 0 Å². The van der Waals surface area contributed by atoms with Gasteiger partial charge < -0.3 is 4.90 Å². The van der Waals surface area contributed by atoms with E-state index in [4.69, 9.17) is 0 Å². The molecule has 1 fully saturated rings. The van der Waals surface area contributed by atoms with Crippen molar-refractivity contribution in [1.82, 2.24) is 19.6 Å². The summed E-state index contributed by atoms with van der Waals surface area (Å²) < 4.78 is 1.84. The number of carbonyl (C=O) groups excluding carboxylic acids is 3. The number of fused-ring (bicyclic) bond motifs is 2. The monoisotopic (exact) mass is 406 g/mol. The molecule has 0 unspecified atom stereocenters. The van der Waals surface area contributed by atoms with Gasteiger partial charge in [0, 0.05) is 25.2 Å². The highest BCUT2D eigenvalue weighted by Gasteiger charge is 2.40. The number of hydrogen-bond acceptors (Lipinski definition) is 4. The van der Waals surface area contributed by atoms with E-state index >= 15 is 0 Å². The molecule has 2 aromatic rings. The molecule has 0 radical (unpaired) electrons. The number of benzene rings is 1. The largest absolute Gasteiger partial charge is 0.332 e. The first-order valence-corrected chi connectivity index (χ1v) is 10.8. The van der Waals surface area contributed by atoms with Crippen LogP contribution in [0.5, 0.6) is 0 Å². The van der Waals surface area contributed by atoms with Gasteiger partial charge in [-0.1, -0.05) is 19.3 Å². The molecule has 3 heterocycles. The van der Waals surface area contributed by atoms with Crippen LogP contribution in [-0.4, -0.2) is 49.9 Å². The third-order valence-corrected chi connectivity index (χ3v) is 6.84. The van der Waals surface area contributed by atoms with Crippen molar-refractivity contribution in [2.24, 2.45) is 7.05 Å². The van der Waals surface area contributed by atoms with E-state index in [0.29, 0.717) is 29.8 Å². The fourth-order valence-corrected chi connectivity index (χ4v) is 5.20. The maximum atomic E-state index is 13.2. The zero-order chi connectivity index (χ0) is 21.0. The molecule has 7 nitrogen and oxygen atoms in total. The summed E-state index contributed by atoms with van der Waals surface area (Å²) in [6.07, 6.45) is 5.78. The Morgan fingerprint density at radius 1 is 1.07 bits per heavy atom. The van der Waals surface area contributed by atoms with Gasteiger partial charge in [-0.15, -0.1) is 0 Å². The summed E-state index contributed by atoms with van der Waals surface area (Å²) in [5.41, 5.74) is 4.55. The van der Waals surface area contributed by atoms with Crippen molar-refractivity contribution in [2.45, 2.75) is 58.0 Å². The van der Waals surface area contributed by atoms with Crippen LogP contribution in [0, 0.1) is 6.92 Å². The van der Waals surface area contributed by atoms with Crippen molar-refractivity contribution >= 4 is 17.7 Å². The number of aromatic nitrogens is 2. The molecule has 30 heavy (non-hydrogen) atoms. The summed E-state index contributed by atoms with van der Waals surface area (Å²) in [4.78, 5) is 42.3. The lowest BCUT2D eigenvalue weighted by Gasteiger charge is -2.29. The van der Waals surface area contributed by atoms with Gasteiger partial charge in [-0.05, 0) is 49.9 Å². The second-order valence-corrected chi connectivity index (χ2v) is 8.64. The lowest BCUT2D eigenvalue weighted by atomic mass is 9.94. The van der Waals surface area contributed by atoms with Crippen LogP contribution in [-0.2, 0) is 20.0 Å². The first-order valence-electron chi connectivity index (χ1n) is 10.8. The molecule has 3 aliphatic rings. The maximum Gasteiger partial charge on any atom is 0.261 e. The third-order valence-electron chi connectivity index (χ3n) is 6.84. The fraction of sp³-hybridized carbons (Fsp3) is 0.478. The Morgan fingerprint density at radius 2 is 1.80 bits per heavy atom. The van der Waals surface area contributed by atoms with Crippen LogP contribution < -0.4 is 0 Å². The summed E-state index contributed by atoms with van der Waals surface area (Å²) >= 11 is 0. The maximum absolute atomic E-state index is 13.2. The molecular formula is C23H26N4O3. The average molecular weight is 406 g/mol. The van der Waals surface area contributed by atoms with Gasteiger partial charge in [0.15, 0.2) is 0 Å². The number of hydrogen-bond donors (Lipinski definition) is 0. The van der Waals surface area contributed by atoms with Crippen molar-refractivity contribution in [3.63, 3.8) is 0 Å². The van der Waals surface area contributed by atoms with E-state index in [1.54, 1.807) is 23.1 Å². The van der Waals surface area contributed by atoms with Crippen LogP contribution in [0.1, 0.15) is 80.1 Å². The number of rotatable bonds is 2. The van der Waals surface area contributed by atoms with Gasteiger partial charge in [0.1, 0.15) is 0 Å². The Bertz CT molecular complexity index is 1060. The van der Waals surface area contributed by atoms with E-state index in [1.165, 1.54) is 10.5 Å². The number of imide groups is 1. The van der Waals surface area contributed by atoms with E-state index in [1.807, 2.05) is 18.7 Å². The van der Waals surface area contributed by atoms with E-state index in [2.05, 4.69) is 5.10 Å². The first kappa shape index (κ1) is 19.0. The lowest BCUT2D eigenvalue weighted by molar-refractivity contribution is 0.0548. The Balaban J connectivity index is 1.40. The smallest absolute Gasteiger partial charge is 0.261 e. The van der Waals surface area contributed by atoms with E-state index in [9.17, 15) is 14.4 Å². The van der Waals surface area contributed by atoms with Crippen LogP contribution in [0.2, 0.25) is 0 Å². The highest BCUT2D eigenvalue weighted by Crippen LogP contribution is 2.32. The molecule has 0 saturated heterocycles. The van der Waals surface area contributed by atoms with Gasteiger partial charge in [-0.2, -0.15) is 5.10 Å². The molecular weight excluding hydrogens is 380 g/mol. The highest BCUT2D eigenvalue weighted by atomic mass is 16.2. The lowest BCUT2D eigenvalue weighted by Crippen LogP contribution is -2.40. The Morgan fingerprint density at radius 3 is 2.57 bits per heavy atom. The Kier molecular flexibility index (Phi) is 4.49. The van der Waals surface area contributed by atoms with Crippen LogP contribution in [0.15, 0.2) is 18.2 Å². The minimum Gasteiger partial charge on any atom is -0.332 e. The molecule has 3 amide bonds. The summed E-state index contributed by atoms with van der Waals surface area (Å²) in [6.45, 7) is 3.12. The predicted octanol–water partition coefficient (Wildman–Crippen LogP) is 2.86. The SMILES string of the molecule is Cc1nn(C)c2c1CCN(C(=O)c1ccc3c(c1)C(=O)N(C1CCCCC1)C3=O)C2. The summed E-state index contributed by atoms with van der Waals surface area (Å²) in [7, 11) is 1.90. The molecule has 0 spiro atoms. The van der Waals surface area contributed by atoms with E-state index in [0.717, 1.165) is 49.9 Å². The normalized spacial score (nSPS) is 19.3. The molecule has 156 valence electrons. The standard InChI is InChI=1S/C23H26N4O3/c1-14-17-10-11-26(13-20(17)25(2)24-14)21(28)15-8-9-18-19(12-15)23(30)27(22(18)29)16-6-4-3-5-7-16/h8-9,12,16H,3-7,10-11,13H2,1-2H3. The predicted molar refractivity (Wildman–Crippen MR) is 110 cm³/mol. The second-order valence-electron chi connectivity index (χ2n) is 8.64. The minimum absolute atomic E-state index is 0.0149. The molecule has 1 aliphatic carbocycles. The molecule has 5 rings (SSSR count). The molecule has 1 aromatic heterocycles. The third kappa shape index (κ3) is 2.87. The molecule has 1 aromatic carbocycles. The molecule has 2 aliphatic heterocycles. The number of nitrogens with zero attached hydrogens (tertiary/aromatic N) is 4. The van der Waals surface area contributed by atoms with E-state index < -0.39 is 0 Å². The molecule has 1 saturated carbocycles. The second kappa shape index (κ2) is 7.07. The zero-order valence-corrected chi connectivity index (χ0v) is 17.5. The Labute approximate surface area is 175 Å². The van der Waals surface area contributed by atoms with Crippen LogP contribution in [0.25, 0.3) is 0 Å². The van der Waals surface area contributed by atoms with Crippen molar-refractivity contribution in [3.05, 3.63) is 51.8 Å². The minimum atomic E-state index is -0.250. The number of carbonyl (C=O) groups is 3. The van der Waals surface area contributed by atoms with Gasteiger partial charge in [0.2, 0.25) is 0 Å². The van der Waals surface area contributed by atoms with Crippen LogP contribution in [0.4, 0.5) is 0 Å². The molecule has 7 heteroatoms. The topological polar surface area (TPSA) is 75.5 Å². The van der Waals surface area contributed by atoms with Crippen molar-refractivity contribution in [2.75, 3.05) is 6.54 Å². The fourth-order valence-electron chi connectivity index (χ4n) is 5.20. The average Bonchev–Trinajstić information content (AvgIpc) is 3.20. The zero-order valence-electron chi connectivity index (χ0n) is 17.5. The van der Waals surface area contributed by atoms with E-state index in [-0.39, 0.29) is 23.8 Å². The van der Waals surface area contributed by atoms with Gasteiger partial charge >= 0.3 is 0 Å². The van der Waals surface area contributed by atoms with Crippen molar-refractivity contribution in [3.8, 4) is 0 Å². The number of aryl methyl sites for hydroxylation is 2. The molecule has 0 bridgehead atoms. The summed E-state index contributed by atoms with van der Waals surface area (Å²) in [5, 5.41) is 4.47. The number of amides is 3. The van der Waals surface area contributed by atoms with Crippen molar-refractivity contribution < 1.29 is 14.4 Å². The van der Waals surface area contributed by atoms with Crippen molar-refractivity contribution in [1.29, 1.82) is 0 Å². The van der Waals surface area contributed by atoms with Gasteiger partial charge in [0.25, 0.3) is 17.7 Å². The molecule has 0 atom stereocenters. The molecule has 0 N–H and O–H groups in total. The first-order chi connectivity index (χ1) is 14.5. The van der Waals surface area contributed by atoms with Gasteiger partial charge in [-0.3, -0.25) is 24.0 Å². The Hall–Kier alpha value is -2.96. The summed E-state index contributed by atoms with van der Waals surface area (Å²) in [6, 6.07) is 4.93. The highest BCUT2D eigenvalue weighted by molar-refractivity contribution is 6.22. The van der Waals surface area contributed by atoms with Crippen LogP contribution >= 0.6 is 0 Å². The summed E-state index contributed by atoms with van der Waals surface area (Å²) in [5.74, 6) is -0.577. The van der Waals surface area contributed by atoms with Gasteiger partial charge in [0.05, 0.1) is 29.1 Å². The quantitative estimate of drug-likeness (QED) is 0.719. The van der Waals surface area contributed by atoms with Gasteiger partial charge in [-0.25, -0.2) is 0 Å².